The number of hydrogen-bond donors (Lipinski definition) is 1. The van der Waals surface area contributed by atoms with Gasteiger partial charge in [-0.05, 0) is 56.2 Å². The second-order valence-electron chi connectivity index (χ2n) is 4.83. The molecule has 0 amide bonds. The minimum atomic E-state index is -0.799. The summed E-state index contributed by atoms with van der Waals surface area (Å²) < 4.78 is 20.4. The SMILES string of the molecule is Cc1cc(Oc2cc(Br)ccc2C)c([C@@H](C)O)cc1F. The Labute approximate surface area is 126 Å². The average molecular weight is 339 g/mol. The summed E-state index contributed by atoms with van der Waals surface area (Å²) in [6.07, 6.45) is -0.799. The molecule has 0 unspecified atom stereocenters. The van der Waals surface area contributed by atoms with Gasteiger partial charge in [-0.15, -0.1) is 0 Å². The first-order valence-corrected chi connectivity index (χ1v) is 7.10. The van der Waals surface area contributed by atoms with E-state index in [0.29, 0.717) is 22.6 Å². The summed E-state index contributed by atoms with van der Waals surface area (Å²) in [5.74, 6) is 0.798. The minimum absolute atomic E-state index is 0.348. The van der Waals surface area contributed by atoms with Crippen LogP contribution in [0.3, 0.4) is 0 Å². The van der Waals surface area contributed by atoms with Crippen LogP contribution in [0.25, 0.3) is 0 Å². The van der Waals surface area contributed by atoms with Gasteiger partial charge in [0.25, 0.3) is 0 Å². The first kappa shape index (κ1) is 15.0. The number of aliphatic hydroxyl groups is 1. The van der Waals surface area contributed by atoms with E-state index < -0.39 is 6.10 Å². The number of aryl methyl sites for hydroxylation is 2. The van der Waals surface area contributed by atoms with Crippen molar-refractivity contribution in [3.8, 4) is 11.5 Å². The fraction of sp³-hybridized carbons (Fsp3) is 0.250. The van der Waals surface area contributed by atoms with Crippen molar-refractivity contribution < 1.29 is 14.2 Å². The van der Waals surface area contributed by atoms with Crippen molar-refractivity contribution in [2.24, 2.45) is 0 Å². The molecule has 0 heterocycles. The molecule has 0 bridgehead atoms. The highest BCUT2D eigenvalue weighted by Crippen LogP contribution is 2.34. The normalized spacial score (nSPS) is 12.3. The Kier molecular flexibility index (Phi) is 4.45. The van der Waals surface area contributed by atoms with Gasteiger partial charge in [0.15, 0.2) is 0 Å². The zero-order chi connectivity index (χ0) is 14.9. The summed E-state index contributed by atoms with van der Waals surface area (Å²) in [6, 6.07) is 8.63. The molecule has 1 N–H and O–H groups in total. The Hall–Kier alpha value is -1.39. The van der Waals surface area contributed by atoms with Gasteiger partial charge in [0.1, 0.15) is 17.3 Å². The van der Waals surface area contributed by atoms with E-state index in [2.05, 4.69) is 15.9 Å². The summed E-state index contributed by atoms with van der Waals surface area (Å²) in [5.41, 5.74) is 1.89. The maximum absolute atomic E-state index is 13.6. The predicted molar refractivity (Wildman–Crippen MR) is 80.7 cm³/mol. The second-order valence-corrected chi connectivity index (χ2v) is 5.74. The molecule has 0 fully saturated rings. The largest absolute Gasteiger partial charge is 0.457 e. The highest BCUT2D eigenvalue weighted by Gasteiger charge is 2.14. The molecule has 4 heteroatoms. The van der Waals surface area contributed by atoms with Crippen LogP contribution in [-0.2, 0) is 0 Å². The third-order valence-corrected chi connectivity index (χ3v) is 3.60. The van der Waals surface area contributed by atoms with Gasteiger partial charge in [-0.1, -0.05) is 22.0 Å². The molecule has 0 spiro atoms. The molecule has 0 saturated carbocycles. The molecule has 106 valence electrons. The third-order valence-electron chi connectivity index (χ3n) is 3.11. The van der Waals surface area contributed by atoms with Crippen LogP contribution in [0.15, 0.2) is 34.8 Å². The summed E-state index contributed by atoms with van der Waals surface area (Å²) in [7, 11) is 0. The maximum atomic E-state index is 13.6. The van der Waals surface area contributed by atoms with Crippen LogP contribution in [0, 0.1) is 19.7 Å². The average Bonchev–Trinajstić information content (AvgIpc) is 2.37. The third kappa shape index (κ3) is 3.19. The number of benzene rings is 2. The Morgan fingerprint density at radius 2 is 1.80 bits per heavy atom. The lowest BCUT2D eigenvalue weighted by Gasteiger charge is -2.16. The van der Waals surface area contributed by atoms with Gasteiger partial charge in [0.05, 0.1) is 6.10 Å². The molecule has 2 aromatic carbocycles. The number of aliphatic hydroxyl groups excluding tert-OH is 1. The van der Waals surface area contributed by atoms with Crippen molar-refractivity contribution in [3.05, 3.63) is 57.3 Å². The summed E-state index contributed by atoms with van der Waals surface area (Å²) >= 11 is 3.39. The fourth-order valence-corrected chi connectivity index (χ4v) is 2.23. The second kappa shape index (κ2) is 5.94. The molecule has 1 atom stereocenters. The van der Waals surface area contributed by atoms with Gasteiger partial charge in [-0.25, -0.2) is 4.39 Å². The molecule has 0 aliphatic heterocycles. The van der Waals surface area contributed by atoms with E-state index in [0.717, 1.165) is 10.0 Å². The molecule has 2 aromatic rings. The quantitative estimate of drug-likeness (QED) is 0.848. The standard InChI is InChI=1S/C16H16BrFO2/c1-9-4-5-12(17)7-15(9)20-16-6-10(2)14(18)8-13(16)11(3)19/h4-8,11,19H,1-3H3/t11-/m1/s1. The fourth-order valence-electron chi connectivity index (χ4n) is 1.89. The Morgan fingerprint density at radius 3 is 2.45 bits per heavy atom. The molecule has 0 aliphatic carbocycles. The molecule has 0 aliphatic rings. The van der Waals surface area contributed by atoms with E-state index >= 15 is 0 Å². The first-order chi connectivity index (χ1) is 9.38. The van der Waals surface area contributed by atoms with E-state index in [4.69, 9.17) is 4.74 Å². The van der Waals surface area contributed by atoms with Crippen molar-refractivity contribution >= 4 is 15.9 Å². The van der Waals surface area contributed by atoms with Crippen LogP contribution < -0.4 is 4.74 Å². The molecule has 2 nitrogen and oxygen atoms in total. The zero-order valence-electron chi connectivity index (χ0n) is 11.6. The van der Waals surface area contributed by atoms with E-state index in [1.165, 1.54) is 6.07 Å². The van der Waals surface area contributed by atoms with Crippen LogP contribution in [-0.4, -0.2) is 5.11 Å². The van der Waals surface area contributed by atoms with Crippen molar-refractivity contribution in [1.82, 2.24) is 0 Å². The monoisotopic (exact) mass is 338 g/mol. The lowest BCUT2D eigenvalue weighted by Crippen LogP contribution is -1.99. The van der Waals surface area contributed by atoms with Crippen LogP contribution in [0.2, 0.25) is 0 Å². The Morgan fingerprint density at radius 1 is 1.10 bits per heavy atom. The molecule has 0 aromatic heterocycles. The molecule has 0 radical (unpaired) electrons. The minimum Gasteiger partial charge on any atom is -0.457 e. The van der Waals surface area contributed by atoms with E-state index in [-0.39, 0.29) is 5.82 Å². The summed E-state index contributed by atoms with van der Waals surface area (Å²) in [5, 5.41) is 9.77. The van der Waals surface area contributed by atoms with E-state index in [1.807, 2.05) is 25.1 Å². The summed E-state index contributed by atoms with van der Waals surface area (Å²) in [6.45, 7) is 5.19. The Balaban J connectivity index is 2.47. The number of ether oxygens (including phenoxy) is 1. The predicted octanol–water partition coefficient (Wildman–Crippen LogP) is 5.05. The zero-order valence-corrected chi connectivity index (χ0v) is 13.2. The van der Waals surface area contributed by atoms with E-state index in [1.54, 1.807) is 19.9 Å². The molecular formula is C16H16BrFO2. The molecule has 20 heavy (non-hydrogen) atoms. The van der Waals surface area contributed by atoms with Crippen molar-refractivity contribution in [2.75, 3.05) is 0 Å². The van der Waals surface area contributed by atoms with Gasteiger partial charge in [-0.3, -0.25) is 0 Å². The number of halogens is 2. The molecular weight excluding hydrogens is 323 g/mol. The Bertz CT molecular complexity index is 639. The maximum Gasteiger partial charge on any atom is 0.133 e. The van der Waals surface area contributed by atoms with Gasteiger partial charge in [0.2, 0.25) is 0 Å². The molecule has 0 saturated heterocycles. The van der Waals surface area contributed by atoms with Crippen molar-refractivity contribution in [2.45, 2.75) is 26.9 Å². The van der Waals surface area contributed by atoms with Crippen molar-refractivity contribution in [1.29, 1.82) is 0 Å². The van der Waals surface area contributed by atoms with Crippen LogP contribution in [0.5, 0.6) is 11.5 Å². The topological polar surface area (TPSA) is 29.5 Å². The van der Waals surface area contributed by atoms with Crippen LogP contribution in [0.4, 0.5) is 4.39 Å². The lowest BCUT2D eigenvalue weighted by atomic mass is 10.1. The van der Waals surface area contributed by atoms with Crippen molar-refractivity contribution in [3.63, 3.8) is 0 Å². The highest BCUT2D eigenvalue weighted by molar-refractivity contribution is 9.10. The first-order valence-electron chi connectivity index (χ1n) is 6.30. The molecule has 2 rings (SSSR count). The highest BCUT2D eigenvalue weighted by atomic mass is 79.9. The van der Waals surface area contributed by atoms with E-state index in [9.17, 15) is 9.50 Å². The van der Waals surface area contributed by atoms with Gasteiger partial charge >= 0.3 is 0 Å². The van der Waals surface area contributed by atoms with Gasteiger partial charge in [0, 0.05) is 10.0 Å². The van der Waals surface area contributed by atoms with Gasteiger partial charge in [-0.2, -0.15) is 0 Å². The number of rotatable bonds is 3. The number of hydrogen-bond acceptors (Lipinski definition) is 2. The lowest BCUT2D eigenvalue weighted by molar-refractivity contribution is 0.195. The van der Waals surface area contributed by atoms with Crippen LogP contribution in [0.1, 0.15) is 29.7 Å². The van der Waals surface area contributed by atoms with Crippen LogP contribution >= 0.6 is 15.9 Å². The van der Waals surface area contributed by atoms with Gasteiger partial charge < -0.3 is 9.84 Å². The summed E-state index contributed by atoms with van der Waals surface area (Å²) in [4.78, 5) is 0. The smallest absolute Gasteiger partial charge is 0.133 e.